The smallest absolute Gasteiger partial charge is 0.355 e. The summed E-state index contributed by atoms with van der Waals surface area (Å²) < 4.78 is 0. The van der Waals surface area contributed by atoms with Gasteiger partial charge in [-0.25, -0.2) is 9.78 Å². The molecule has 0 spiro atoms. The van der Waals surface area contributed by atoms with Gasteiger partial charge in [-0.1, -0.05) is 43.8 Å². The first-order chi connectivity index (χ1) is 17.6. The lowest BCUT2D eigenvalue weighted by molar-refractivity contribution is 0.0691. The molecule has 0 fully saturated rings. The van der Waals surface area contributed by atoms with Crippen molar-refractivity contribution in [2.45, 2.75) is 13.8 Å². The van der Waals surface area contributed by atoms with Crippen LogP contribution in [0.4, 0.5) is 5.69 Å². The Balaban J connectivity index is 2.01. The third-order valence-electron chi connectivity index (χ3n) is 5.36. The van der Waals surface area contributed by atoms with Gasteiger partial charge >= 0.3 is 5.97 Å². The number of aromatic carboxylic acids is 1. The normalized spacial score (nSPS) is 11.2. The highest BCUT2D eigenvalue weighted by atomic mass is 16.4. The van der Waals surface area contributed by atoms with E-state index >= 15 is 0 Å². The molecule has 6 N–H and O–H groups in total. The molecule has 2 amide bonds. The van der Waals surface area contributed by atoms with Crippen molar-refractivity contribution in [3.05, 3.63) is 89.3 Å². The molecule has 0 bridgehead atoms. The fraction of sp³-hybridized carbons (Fsp3) is 0.148. The highest BCUT2D eigenvalue weighted by Crippen LogP contribution is 2.29. The van der Waals surface area contributed by atoms with Crippen molar-refractivity contribution in [1.29, 1.82) is 0 Å². The fourth-order valence-corrected chi connectivity index (χ4v) is 3.45. The van der Waals surface area contributed by atoms with E-state index in [0.717, 1.165) is 0 Å². The van der Waals surface area contributed by atoms with Crippen LogP contribution in [0.15, 0.2) is 66.3 Å². The number of pyridine rings is 1. The highest BCUT2D eigenvalue weighted by Gasteiger charge is 2.22. The number of rotatable bonds is 9. The molecule has 37 heavy (non-hydrogen) atoms. The van der Waals surface area contributed by atoms with Crippen LogP contribution in [0, 0.1) is 5.92 Å². The predicted octanol–water partition coefficient (Wildman–Crippen LogP) is 3.82. The summed E-state index contributed by atoms with van der Waals surface area (Å²) in [5, 5.41) is 27.1. The second kappa shape index (κ2) is 11.6. The molecule has 0 atom stereocenters. The summed E-state index contributed by atoms with van der Waals surface area (Å²) in [6.07, 6.45) is 1.56. The molecule has 190 valence electrons. The molecule has 3 rings (SSSR count). The third kappa shape index (κ3) is 6.37. The van der Waals surface area contributed by atoms with Gasteiger partial charge in [0.1, 0.15) is 5.69 Å². The lowest BCUT2D eigenvalue weighted by Gasteiger charge is -2.14. The topological polar surface area (TPSA) is 167 Å². The first kappa shape index (κ1) is 26.6. The van der Waals surface area contributed by atoms with E-state index in [0.29, 0.717) is 28.9 Å². The number of hydrogen-bond acceptors (Lipinski definition) is 6. The number of carboxylic acid groups (broad SMARTS) is 1. The van der Waals surface area contributed by atoms with Crippen molar-refractivity contribution < 1.29 is 24.7 Å². The van der Waals surface area contributed by atoms with Crippen molar-refractivity contribution in [2.75, 3.05) is 11.9 Å². The van der Waals surface area contributed by atoms with Gasteiger partial charge in [-0.15, -0.1) is 0 Å². The number of benzene rings is 2. The van der Waals surface area contributed by atoms with Crippen molar-refractivity contribution in [2.24, 2.45) is 16.8 Å². The Morgan fingerprint density at radius 2 is 1.73 bits per heavy atom. The second-order valence-electron chi connectivity index (χ2n) is 8.53. The van der Waals surface area contributed by atoms with E-state index in [1.165, 1.54) is 12.1 Å². The van der Waals surface area contributed by atoms with Crippen LogP contribution in [0.1, 0.15) is 56.3 Å². The Bertz CT molecular complexity index is 1380. The van der Waals surface area contributed by atoms with E-state index < -0.39 is 17.8 Å². The molecule has 0 saturated carbocycles. The predicted molar refractivity (Wildman–Crippen MR) is 141 cm³/mol. The van der Waals surface area contributed by atoms with E-state index in [2.05, 4.69) is 27.4 Å². The van der Waals surface area contributed by atoms with Crippen LogP contribution >= 0.6 is 0 Å². The molecule has 0 aliphatic heterocycles. The molecule has 0 saturated heterocycles. The standard InChI is InChI=1S/C27H27N5O5/c1-4-16-5-10-19(20-11-12-22(31-23(20)27(35)36)26(34)29-14-15(2)3)21(13-16)25(33)30-18-8-6-17(7-9-18)24(28)32-37/h4-13,15,37H,1,14H2,2-3H3,(H2,28,32)(H,29,34)(H,30,33)(H,35,36). The van der Waals surface area contributed by atoms with E-state index in [1.807, 2.05) is 13.8 Å². The van der Waals surface area contributed by atoms with Crippen molar-refractivity contribution in [3.63, 3.8) is 0 Å². The lowest BCUT2D eigenvalue weighted by Crippen LogP contribution is -2.28. The number of anilines is 1. The summed E-state index contributed by atoms with van der Waals surface area (Å²) in [7, 11) is 0. The fourth-order valence-electron chi connectivity index (χ4n) is 3.45. The maximum Gasteiger partial charge on any atom is 0.355 e. The Labute approximate surface area is 213 Å². The first-order valence-corrected chi connectivity index (χ1v) is 11.3. The van der Waals surface area contributed by atoms with E-state index in [9.17, 15) is 19.5 Å². The zero-order valence-electron chi connectivity index (χ0n) is 20.4. The molecule has 3 aromatic rings. The number of hydrogen-bond donors (Lipinski definition) is 5. The van der Waals surface area contributed by atoms with Crippen LogP contribution < -0.4 is 16.4 Å². The quantitative estimate of drug-likeness (QED) is 0.129. The lowest BCUT2D eigenvalue weighted by atomic mass is 9.95. The minimum absolute atomic E-state index is 0.0405. The number of amidine groups is 1. The number of amides is 2. The largest absolute Gasteiger partial charge is 0.476 e. The Morgan fingerprint density at radius 3 is 2.32 bits per heavy atom. The van der Waals surface area contributed by atoms with Crippen LogP contribution in [0.25, 0.3) is 17.2 Å². The molecule has 10 heteroatoms. The zero-order valence-corrected chi connectivity index (χ0v) is 20.4. The van der Waals surface area contributed by atoms with Gasteiger partial charge in [-0.05, 0) is 59.5 Å². The molecule has 1 heterocycles. The van der Waals surface area contributed by atoms with Crippen LogP contribution in [-0.2, 0) is 0 Å². The van der Waals surface area contributed by atoms with Crippen molar-refractivity contribution >= 4 is 35.4 Å². The monoisotopic (exact) mass is 501 g/mol. The number of aromatic nitrogens is 1. The van der Waals surface area contributed by atoms with Crippen molar-refractivity contribution in [3.8, 4) is 11.1 Å². The van der Waals surface area contributed by atoms with Crippen LogP contribution in [-0.4, -0.2) is 45.5 Å². The molecular weight excluding hydrogens is 474 g/mol. The van der Waals surface area contributed by atoms with Gasteiger partial charge in [0.15, 0.2) is 11.5 Å². The SMILES string of the molecule is C=Cc1ccc(-c2ccc(C(=O)NCC(C)C)nc2C(=O)O)c(C(=O)Nc2ccc(/C(N)=N/O)cc2)c1. The van der Waals surface area contributed by atoms with Gasteiger partial charge in [-0.2, -0.15) is 0 Å². The maximum atomic E-state index is 13.3. The summed E-state index contributed by atoms with van der Waals surface area (Å²) in [6.45, 7) is 8.02. The zero-order chi connectivity index (χ0) is 27.1. The molecule has 0 aliphatic rings. The maximum absolute atomic E-state index is 13.3. The van der Waals surface area contributed by atoms with E-state index in [4.69, 9.17) is 10.9 Å². The third-order valence-corrected chi connectivity index (χ3v) is 5.36. The molecule has 0 unspecified atom stereocenters. The van der Waals surface area contributed by atoms with Crippen LogP contribution in [0.2, 0.25) is 0 Å². The van der Waals surface area contributed by atoms with Gasteiger partial charge in [-0.3, -0.25) is 9.59 Å². The van der Waals surface area contributed by atoms with Gasteiger partial charge < -0.3 is 26.7 Å². The summed E-state index contributed by atoms with van der Waals surface area (Å²) in [6, 6.07) is 14.1. The van der Waals surface area contributed by atoms with Crippen LogP contribution in [0.3, 0.4) is 0 Å². The number of carboxylic acids is 1. The van der Waals surface area contributed by atoms with Gasteiger partial charge in [0, 0.05) is 28.9 Å². The molecule has 0 radical (unpaired) electrons. The summed E-state index contributed by atoms with van der Waals surface area (Å²) >= 11 is 0. The molecular formula is C27H27N5O5. The summed E-state index contributed by atoms with van der Waals surface area (Å²) in [5.74, 6) is -2.20. The molecule has 1 aromatic heterocycles. The molecule has 10 nitrogen and oxygen atoms in total. The minimum Gasteiger partial charge on any atom is -0.476 e. The van der Waals surface area contributed by atoms with Gasteiger partial charge in [0.25, 0.3) is 11.8 Å². The highest BCUT2D eigenvalue weighted by molar-refractivity contribution is 6.11. The number of nitrogens with one attached hydrogen (secondary N) is 2. The summed E-state index contributed by atoms with van der Waals surface area (Å²) in [4.78, 5) is 41.9. The summed E-state index contributed by atoms with van der Waals surface area (Å²) in [5.41, 5.74) is 7.39. The average molecular weight is 502 g/mol. The molecule has 0 aliphatic carbocycles. The van der Waals surface area contributed by atoms with Gasteiger partial charge in [0.2, 0.25) is 0 Å². The number of nitrogens with zero attached hydrogens (tertiary/aromatic N) is 2. The average Bonchev–Trinajstić information content (AvgIpc) is 2.90. The Kier molecular flexibility index (Phi) is 8.36. The number of oxime groups is 1. The van der Waals surface area contributed by atoms with Crippen molar-refractivity contribution in [1.82, 2.24) is 10.3 Å². The Morgan fingerprint density at radius 1 is 1.05 bits per heavy atom. The second-order valence-corrected chi connectivity index (χ2v) is 8.53. The van der Waals surface area contributed by atoms with E-state index in [-0.39, 0.29) is 34.3 Å². The van der Waals surface area contributed by atoms with Crippen LogP contribution in [0.5, 0.6) is 0 Å². The number of carbonyl (C=O) groups excluding carboxylic acids is 2. The molecule has 2 aromatic carbocycles. The Hall–Kier alpha value is -4.99. The number of carbonyl (C=O) groups is 3. The number of nitrogens with two attached hydrogens (primary N) is 1. The van der Waals surface area contributed by atoms with Gasteiger partial charge in [0.05, 0.1) is 0 Å². The first-order valence-electron chi connectivity index (χ1n) is 11.3. The van der Waals surface area contributed by atoms with E-state index in [1.54, 1.807) is 48.5 Å². The minimum atomic E-state index is -1.34.